The summed E-state index contributed by atoms with van der Waals surface area (Å²) in [6.07, 6.45) is 3.16. The van der Waals surface area contributed by atoms with Gasteiger partial charge in [-0.2, -0.15) is 0 Å². The van der Waals surface area contributed by atoms with Crippen molar-refractivity contribution in [2.45, 2.75) is 17.4 Å². The van der Waals surface area contributed by atoms with Crippen LogP contribution in [0.15, 0.2) is 47.4 Å². The molecule has 0 aliphatic carbocycles. The molecule has 0 fully saturated rings. The van der Waals surface area contributed by atoms with E-state index in [1.54, 1.807) is 11.8 Å². The van der Waals surface area contributed by atoms with E-state index in [4.69, 9.17) is 16.3 Å². The van der Waals surface area contributed by atoms with Crippen LogP contribution in [0.2, 0.25) is 5.02 Å². The molecule has 1 atom stereocenters. The van der Waals surface area contributed by atoms with Crippen LogP contribution in [0.3, 0.4) is 0 Å². The van der Waals surface area contributed by atoms with Crippen LogP contribution in [-0.4, -0.2) is 18.9 Å². The quantitative estimate of drug-likeness (QED) is 0.842. The van der Waals surface area contributed by atoms with E-state index in [0.717, 1.165) is 29.4 Å². The highest BCUT2D eigenvalue weighted by atomic mass is 35.5. The third-order valence-corrected chi connectivity index (χ3v) is 4.42. The number of ether oxygens (including phenoxy) is 1. The van der Waals surface area contributed by atoms with Gasteiger partial charge >= 0.3 is 0 Å². The van der Waals surface area contributed by atoms with Gasteiger partial charge in [-0.25, -0.2) is 0 Å². The predicted octanol–water partition coefficient (Wildman–Crippen LogP) is 4.48. The molecule has 0 radical (unpaired) electrons. The highest BCUT2D eigenvalue weighted by molar-refractivity contribution is 7.98. The van der Waals surface area contributed by atoms with E-state index < -0.39 is 0 Å². The lowest BCUT2D eigenvalue weighted by Crippen LogP contribution is -2.24. The Hall–Kier alpha value is -1.32. The second kappa shape index (κ2) is 5.98. The fraction of sp³-hybridized carbons (Fsp3) is 0.250. The molecule has 0 bridgehead atoms. The maximum absolute atomic E-state index is 6.01. The van der Waals surface area contributed by atoms with Crippen molar-refractivity contribution in [3.05, 3.63) is 53.1 Å². The topological polar surface area (TPSA) is 21.3 Å². The number of nitrogens with one attached hydrogen (secondary N) is 1. The molecule has 0 saturated heterocycles. The van der Waals surface area contributed by atoms with Crippen LogP contribution in [0.4, 0.5) is 5.69 Å². The molecule has 0 saturated carbocycles. The highest BCUT2D eigenvalue weighted by Crippen LogP contribution is 2.31. The summed E-state index contributed by atoms with van der Waals surface area (Å²) >= 11 is 7.76. The molecule has 1 heterocycles. The molecule has 3 rings (SSSR count). The standard InChI is InChI=1S/C16H16ClNOS/c1-20-16-5-3-2-4-14(16)18-10-13-9-11-8-12(17)6-7-15(11)19-13/h2-8,13,18H,9-10H2,1H3. The van der Waals surface area contributed by atoms with Crippen molar-refractivity contribution >= 4 is 29.1 Å². The molecule has 20 heavy (non-hydrogen) atoms. The normalized spacial score (nSPS) is 16.6. The van der Waals surface area contributed by atoms with Gasteiger partial charge in [-0.1, -0.05) is 23.7 Å². The molecule has 2 nitrogen and oxygen atoms in total. The van der Waals surface area contributed by atoms with E-state index in [-0.39, 0.29) is 6.10 Å². The van der Waals surface area contributed by atoms with Crippen LogP contribution >= 0.6 is 23.4 Å². The molecule has 1 aliphatic heterocycles. The summed E-state index contributed by atoms with van der Waals surface area (Å²) in [4.78, 5) is 1.26. The Labute approximate surface area is 128 Å². The number of rotatable bonds is 4. The molecule has 4 heteroatoms. The van der Waals surface area contributed by atoms with Crippen molar-refractivity contribution in [3.63, 3.8) is 0 Å². The molecular weight excluding hydrogens is 290 g/mol. The van der Waals surface area contributed by atoms with Gasteiger partial charge in [0, 0.05) is 22.0 Å². The number of hydrogen-bond donors (Lipinski definition) is 1. The molecule has 1 aliphatic rings. The van der Waals surface area contributed by atoms with E-state index in [9.17, 15) is 0 Å². The van der Waals surface area contributed by atoms with Gasteiger partial charge in [0.2, 0.25) is 0 Å². The average Bonchev–Trinajstić information content (AvgIpc) is 2.87. The minimum absolute atomic E-state index is 0.165. The van der Waals surface area contributed by atoms with E-state index >= 15 is 0 Å². The van der Waals surface area contributed by atoms with Crippen LogP contribution in [0, 0.1) is 0 Å². The van der Waals surface area contributed by atoms with E-state index in [1.165, 1.54) is 10.5 Å². The molecular formula is C16H16ClNOS. The maximum Gasteiger partial charge on any atom is 0.123 e. The molecule has 2 aromatic carbocycles. The molecule has 1 unspecified atom stereocenters. The number of anilines is 1. The monoisotopic (exact) mass is 305 g/mol. The first-order valence-electron chi connectivity index (χ1n) is 6.58. The molecule has 2 aromatic rings. The zero-order chi connectivity index (χ0) is 13.9. The van der Waals surface area contributed by atoms with E-state index in [1.807, 2.05) is 24.3 Å². The Morgan fingerprint density at radius 3 is 3.00 bits per heavy atom. The summed E-state index contributed by atoms with van der Waals surface area (Å²) in [6.45, 7) is 0.796. The van der Waals surface area contributed by atoms with Crippen molar-refractivity contribution in [1.29, 1.82) is 0 Å². The molecule has 104 valence electrons. The number of thioether (sulfide) groups is 1. The summed E-state index contributed by atoms with van der Waals surface area (Å²) < 4.78 is 5.93. The third kappa shape index (κ3) is 2.89. The van der Waals surface area contributed by atoms with Gasteiger partial charge in [-0.3, -0.25) is 0 Å². The first kappa shape index (κ1) is 13.7. The van der Waals surface area contributed by atoms with Gasteiger partial charge in [-0.15, -0.1) is 11.8 Å². The number of para-hydroxylation sites is 1. The van der Waals surface area contributed by atoms with Crippen LogP contribution in [0.25, 0.3) is 0 Å². The predicted molar refractivity (Wildman–Crippen MR) is 86.3 cm³/mol. The Morgan fingerprint density at radius 1 is 1.30 bits per heavy atom. The maximum atomic E-state index is 6.01. The molecule has 0 spiro atoms. The molecule has 0 amide bonds. The molecule has 1 N–H and O–H groups in total. The first-order chi connectivity index (χ1) is 9.76. The van der Waals surface area contributed by atoms with Crippen molar-refractivity contribution in [3.8, 4) is 5.75 Å². The lowest BCUT2D eigenvalue weighted by Gasteiger charge is -2.14. The Bertz CT molecular complexity index is 617. The second-order valence-electron chi connectivity index (χ2n) is 4.78. The van der Waals surface area contributed by atoms with Gasteiger partial charge in [0.1, 0.15) is 11.9 Å². The van der Waals surface area contributed by atoms with Crippen molar-refractivity contribution in [2.75, 3.05) is 18.1 Å². The smallest absolute Gasteiger partial charge is 0.123 e. The van der Waals surface area contributed by atoms with Gasteiger partial charge in [-0.05, 0) is 42.2 Å². The summed E-state index contributed by atoms with van der Waals surface area (Å²) in [5, 5.41) is 4.25. The van der Waals surface area contributed by atoms with Gasteiger partial charge < -0.3 is 10.1 Å². The highest BCUT2D eigenvalue weighted by Gasteiger charge is 2.22. The van der Waals surface area contributed by atoms with Crippen molar-refractivity contribution in [2.24, 2.45) is 0 Å². The summed E-state index contributed by atoms with van der Waals surface area (Å²) in [6, 6.07) is 14.1. The van der Waals surface area contributed by atoms with Crippen molar-refractivity contribution in [1.82, 2.24) is 0 Å². The van der Waals surface area contributed by atoms with Crippen LogP contribution in [-0.2, 0) is 6.42 Å². The lowest BCUT2D eigenvalue weighted by molar-refractivity contribution is 0.246. The molecule has 0 aromatic heterocycles. The van der Waals surface area contributed by atoms with Crippen LogP contribution < -0.4 is 10.1 Å². The van der Waals surface area contributed by atoms with Gasteiger partial charge in [0.05, 0.1) is 6.54 Å². The van der Waals surface area contributed by atoms with Gasteiger partial charge in [0.15, 0.2) is 0 Å². The van der Waals surface area contributed by atoms with Crippen LogP contribution in [0.5, 0.6) is 5.75 Å². The van der Waals surface area contributed by atoms with Crippen molar-refractivity contribution < 1.29 is 4.74 Å². The average molecular weight is 306 g/mol. The zero-order valence-electron chi connectivity index (χ0n) is 11.2. The van der Waals surface area contributed by atoms with Crippen LogP contribution in [0.1, 0.15) is 5.56 Å². The Morgan fingerprint density at radius 2 is 2.15 bits per heavy atom. The zero-order valence-corrected chi connectivity index (χ0v) is 12.8. The third-order valence-electron chi connectivity index (χ3n) is 3.39. The lowest BCUT2D eigenvalue weighted by atomic mass is 10.1. The minimum atomic E-state index is 0.165. The minimum Gasteiger partial charge on any atom is -0.488 e. The number of benzene rings is 2. The fourth-order valence-corrected chi connectivity index (χ4v) is 3.19. The number of halogens is 1. The largest absolute Gasteiger partial charge is 0.488 e. The number of fused-ring (bicyclic) bond motifs is 1. The summed E-state index contributed by atoms with van der Waals surface area (Å²) in [5.41, 5.74) is 2.36. The summed E-state index contributed by atoms with van der Waals surface area (Å²) in [7, 11) is 0. The Balaban J connectivity index is 1.64. The first-order valence-corrected chi connectivity index (χ1v) is 8.18. The number of hydrogen-bond acceptors (Lipinski definition) is 3. The van der Waals surface area contributed by atoms with E-state index in [0.29, 0.717) is 0 Å². The Kier molecular flexibility index (Phi) is 4.08. The second-order valence-corrected chi connectivity index (χ2v) is 6.06. The SMILES string of the molecule is CSc1ccccc1NCC1Cc2cc(Cl)ccc2O1. The summed E-state index contributed by atoms with van der Waals surface area (Å²) in [5.74, 6) is 0.958. The fourth-order valence-electron chi connectivity index (χ4n) is 2.42. The van der Waals surface area contributed by atoms with E-state index in [2.05, 4.69) is 29.8 Å². The van der Waals surface area contributed by atoms with Gasteiger partial charge in [0.25, 0.3) is 0 Å².